The summed E-state index contributed by atoms with van der Waals surface area (Å²) in [6.45, 7) is 3.64. The molecule has 2 aromatic heterocycles. The highest BCUT2D eigenvalue weighted by Crippen LogP contribution is 2.33. The molecule has 0 saturated heterocycles. The lowest BCUT2D eigenvalue weighted by atomic mass is 10.0. The fourth-order valence-electron chi connectivity index (χ4n) is 3.68. The highest BCUT2D eigenvalue weighted by molar-refractivity contribution is 7.89. The van der Waals surface area contributed by atoms with E-state index >= 15 is 0 Å². The molecule has 2 heterocycles. The average molecular weight is 526 g/mol. The lowest BCUT2D eigenvalue weighted by Crippen LogP contribution is -2.26. The van der Waals surface area contributed by atoms with Crippen LogP contribution in [0.2, 0.25) is 5.02 Å². The van der Waals surface area contributed by atoms with E-state index in [2.05, 4.69) is 15.0 Å². The molecule has 0 amide bonds. The number of nitrogens with one attached hydrogen (secondary N) is 2. The Hall–Kier alpha value is -3.40. The van der Waals surface area contributed by atoms with Crippen molar-refractivity contribution in [3.05, 3.63) is 78.1 Å². The monoisotopic (exact) mass is 525 g/mol. The molecule has 188 valence electrons. The molecule has 0 radical (unpaired) electrons. The van der Waals surface area contributed by atoms with E-state index in [-0.39, 0.29) is 4.90 Å². The van der Waals surface area contributed by atoms with Crippen molar-refractivity contribution >= 4 is 27.4 Å². The van der Waals surface area contributed by atoms with E-state index in [9.17, 15) is 8.42 Å². The van der Waals surface area contributed by atoms with Crippen molar-refractivity contribution in [1.29, 1.82) is 0 Å². The molecule has 2 aromatic carbocycles. The third kappa shape index (κ3) is 6.23. The number of ether oxygens (including phenoxy) is 1. The zero-order valence-corrected chi connectivity index (χ0v) is 21.7. The number of sulfonamides is 1. The molecule has 4 rings (SSSR count). The van der Waals surface area contributed by atoms with Crippen LogP contribution in [0.5, 0.6) is 5.75 Å². The normalized spacial score (nSPS) is 11.4. The Kier molecular flexibility index (Phi) is 8.25. The Morgan fingerprint density at radius 3 is 2.58 bits per heavy atom. The van der Waals surface area contributed by atoms with E-state index in [4.69, 9.17) is 21.4 Å². The van der Waals surface area contributed by atoms with Crippen molar-refractivity contribution in [2.24, 2.45) is 0 Å². The third-order valence-electron chi connectivity index (χ3n) is 5.58. The number of hydrogen-bond donors (Lipinski definition) is 2. The molecule has 36 heavy (non-hydrogen) atoms. The van der Waals surface area contributed by atoms with Crippen LogP contribution >= 0.6 is 11.6 Å². The van der Waals surface area contributed by atoms with Gasteiger partial charge >= 0.3 is 0 Å². The van der Waals surface area contributed by atoms with Crippen molar-refractivity contribution in [1.82, 2.24) is 19.5 Å². The van der Waals surface area contributed by atoms with Crippen molar-refractivity contribution in [2.75, 3.05) is 25.5 Å². The predicted octanol–water partition coefficient (Wildman–Crippen LogP) is 5.07. The van der Waals surface area contributed by atoms with Crippen LogP contribution in [0.25, 0.3) is 22.4 Å². The number of nitrogens with zero attached hydrogens (tertiary/aromatic N) is 3. The molecule has 0 fully saturated rings. The minimum absolute atomic E-state index is 0.189. The van der Waals surface area contributed by atoms with E-state index in [1.54, 1.807) is 25.4 Å². The van der Waals surface area contributed by atoms with Gasteiger partial charge in [0.2, 0.25) is 10.0 Å². The van der Waals surface area contributed by atoms with Crippen LogP contribution in [0, 0.1) is 0 Å². The zero-order valence-electron chi connectivity index (χ0n) is 20.1. The molecule has 0 aliphatic carbocycles. The molecule has 8 nitrogen and oxygen atoms in total. The van der Waals surface area contributed by atoms with Gasteiger partial charge in [0.05, 0.1) is 12.0 Å². The molecular formula is C26H28ClN5O3S. The standard InChI is InChI=1S/C26H28ClN5O3S/c1-3-32-18-24(26(31-32)20-6-4-7-22(16-20)35-2)19-12-15-29-25(17-19)28-13-5-14-30-36(33,34)23-10-8-21(27)9-11-23/h4,6-12,15-18,30H,3,5,13-14H2,1-2H3,(H,28,29). The fraction of sp³-hybridized carbons (Fsp3) is 0.231. The van der Waals surface area contributed by atoms with E-state index in [0.29, 0.717) is 30.4 Å². The lowest BCUT2D eigenvalue weighted by Gasteiger charge is -2.09. The van der Waals surface area contributed by atoms with Gasteiger partial charge in [-0.3, -0.25) is 4.68 Å². The first kappa shape index (κ1) is 25.7. The molecule has 0 atom stereocenters. The molecular weight excluding hydrogens is 498 g/mol. The minimum Gasteiger partial charge on any atom is -0.497 e. The second-order valence-electron chi connectivity index (χ2n) is 8.04. The van der Waals surface area contributed by atoms with Gasteiger partial charge in [-0.05, 0) is 67.4 Å². The van der Waals surface area contributed by atoms with E-state index in [0.717, 1.165) is 34.7 Å². The highest BCUT2D eigenvalue weighted by atomic mass is 35.5. The molecule has 0 aliphatic rings. The first-order valence-corrected chi connectivity index (χ1v) is 13.4. The van der Waals surface area contributed by atoms with Gasteiger partial charge in [0.15, 0.2) is 0 Å². The zero-order chi connectivity index (χ0) is 25.5. The molecule has 0 aliphatic heterocycles. The van der Waals surface area contributed by atoms with Crippen molar-refractivity contribution < 1.29 is 13.2 Å². The lowest BCUT2D eigenvalue weighted by molar-refractivity contribution is 0.415. The molecule has 0 saturated carbocycles. The van der Waals surface area contributed by atoms with Gasteiger partial charge in [0, 0.05) is 48.2 Å². The summed E-state index contributed by atoms with van der Waals surface area (Å²) in [6, 6.07) is 17.8. The van der Waals surface area contributed by atoms with Gasteiger partial charge in [-0.15, -0.1) is 0 Å². The number of anilines is 1. The van der Waals surface area contributed by atoms with Crippen LogP contribution in [-0.4, -0.2) is 43.4 Å². The van der Waals surface area contributed by atoms with E-state index in [1.165, 1.54) is 12.1 Å². The van der Waals surface area contributed by atoms with E-state index in [1.807, 2.05) is 54.2 Å². The average Bonchev–Trinajstić information content (AvgIpc) is 3.34. The Morgan fingerprint density at radius 1 is 1.03 bits per heavy atom. The number of pyridine rings is 1. The van der Waals surface area contributed by atoms with Crippen LogP contribution in [0.3, 0.4) is 0 Å². The van der Waals surface area contributed by atoms with Gasteiger partial charge in [0.1, 0.15) is 17.3 Å². The summed E-state index contributed by atoms with van der Waals surface area (Å²) in [5.74, 6) is 1.47. The second-order valence-corrected chi connectivity index (χ2v) is 10.2. The Labute approximate surface area is 216 Å². The van der Waals surface area contributed by atoms with Gasteiger partial charge < -0.3 is 10.1 Å². The summed E-state index contributed by atoms with van der Waals surface area (Å²) in [6.07, 6.45) is 4.36. The smallest absolute Gasteiger partial charge is 0.240 e. The minimum atomic E-state index is -3.57. The maximum absolute atomic E-state index is 12.4. The maximum atomic E-state index is 12.4. The first-order valence-electron chi connectivity index (χ1n) is 11.6. The number of aryl methyl sites for hydroxylation is 1. The third-order valence-corrected chi connectivity index (χ3v) is 7.30. The topological polar surface area (TPSA) is 98.1 Å². The summed E-state index contributed by atoms with van der Waals surface area (Å²) in [7, 11) is -1.92. The summed E-state index contributed by atoms with van der Waals surface area (Å²) in [4.78, 5) is 4.60. The van der Waals surface area contributed by atoms with Crippen molar-refractivity contribution in [3.8, 4) is 28.1 Å². The maximum Gasteiger partial charge on any atom is 0.240 e. The molecule has 4 aromatic rings. The van der Waals surface area contributed by atoms with Crippen LogP contribution in [0.15, 0.2) is 78.0 Å². The quantitative estimate of drug-likeness (QED) is 0.265. The summed E-state index contributed by atoms with van der Waals surface area (Å²) >= 11 is 5.84. The van der Waals surface area contributed by atoms with Gasteiger partial charge in [-0.2, -0.15) is 5.10 Å². The van der Waals surface area contributed by atoms with Crippen LogP contribution in [0.1, 0.15) is 13.3 Å². The number of rotatable bonds is 11. The summed E-state index contributed by atoms with van der Waals surface area (Å²) in [5.41, 5.74) is 3.81. The Balaban J connectivity index is 1.41. The van der Waals surface area contributed by atoms with Gasteiger partial charge in [0.25, 0.3) is 0 Å². The van der Waals surface area contributed by atoms with Gasteiger partial charge in [-0.1, -0.05) is 23.7 Å². The number of hydrogen-bond acceptors (Lipinski definition) is 6. The van der Waals surface area contributed by atoms with Gasteiger partial charge in [-0.25, -0.2) is 18.1 Å². The molecule has 0 spiro atoms. The number of halogens is 1. The van der Waals surface area contributed by atoms with Crippen molar-refractivity contribution in [3.63, 3.8) is 0 Å². The second kappa shape index (κ2) is 11.6. The molecule has 10 heteroatoms. The number of methoxy groups -OCH3 is 1. The molecule has 0 unspecified atom stereocenters. The highest BCUT2D eigenvalue weighted by Gasteiger charge is 2.15. The molecule has 2 N–H and O–H groups in total. The van der Waals surface area contributed by atoms with Crippen molar-refractivity contribution in [2.45, 2.75) is 24.8 Å². The fourth-order valence-corrected chi connectivity index (χ4v) is 4.88. The largest absolute Gasteiger partial charge is 0.497 e. The summed E-state index contributed by atoms with van der Waals surface area (Å²) in [5, 5.41) is 8.53. The van der Waals surface area contributed by atoms with E-state index < -0.39 is 10.0 Å². The van der Waals surface area contributed by atoms with Crippen LogP contribution in [-0.2, 0) is 16.6 Å². The first-order chi connectivity index (χ1) is 17.4. The number of benzene rings is 2. The summed E-state index contributed by atoms with van der Waals surface area (Å²) < 4.78 is 34.7. The Bertz CT molecular complexity index is 1420. The van der Waals surface area contributed by atoms with Crippen LogP contribution < -0.4 is 14.8 Å². The number of aromatic nitrogens is 3. The SMILES string of the molecule is CCn1cc(-c2ccnc(NCCCNS(=O)(=O)c3ccc(Cl)cc3)c2)c(-c2cccc(OC)c2)n1. The molecule has 0 bridgehead atoms. The van der Waals surface area contributed by atoms with Crippen LogP contribution in [0.4, 0.5) is 5.82 Å². The Morgan fingerprint density at radius 2 is 1.83 bits per heavy atom. The predicted molar refractivity (Wildman–Crippen MR) is 143 cm³/mol.